The summed E-state index contributed by atoms with van der Waals surface area (Å²) in [6.45, 7) is 5.95. The number of amides is 2. The maximum atomic E-state index is 12.3. The number of nitrogens with zero attached hydrogens (tertiary/aromatic N) is 2. The Morgan fingerprint density at radius 1 is 1.33 bits per heavy atom. The minimum Gasteiger partial charge on any atom is -0.480 e. The molecule has 1 N–H and O–H groups in total. The van der Waals surface area contributed by atoms with Gasteiger partial charge in [0.25, 0.3) is 0 Å². The molecular formula is C12H20N2O4. The SMILES string of the molecule is CC1(C)CN(C(=O)N2CCCC2C(=O)O)CCO1. The Labute approximate surface area is 106 Å². The van der Waals surface area contributed by atoms with Crippen molar-refractivity contribution in [2.24, 2.45) is 0 Å². The molecule has 6 nitrogen and oxygen atoms in total. The van der Waals surface area contributed by atoms with Crippen LogP contribution in [0.2, 0.25) is 0 Å². The Bertz CT molecular complexity index is 356. The van der Waals surface area contributed by atoms with Crippen molar-refractivity contribution in [3.8, 4) is 0 Å². The quantitative estimate of drug-likeness (QED) is 0.752. The average Bonchev–Trinajstić information content (AvgIpc) is 2.75. The van der Waals surface area contributed by atoms with E-state index in [-0.39, 0.29) is 11.6 Å². The molecule has 0 aromatic rings. The molecule has 0 spiro atoms. The van der Waals surface area contributed by atoms with E-state index in [1.54, 1.807) is 4.90 Å². The Hall–Kier alpha value is -1.30. The fraction of sp³-hybridized carbons (Fsp3) is 0.833. The van der Waals surface area contributed by atoms with E-state index in [0.29, 0.717) is 32.7 Å². The van der Waals surface area contributed by atoms with Crippen molar-refractivity contribution in [1.29, 1.82) is 0 Å². The van der Waals surface area contributed by atoms with E-state index in [1.165, 1.54) is 4.90 Å². The third-order valence-corrected chi connectivity index (χ3v) is 3.48. The van der Waals surface area contributed by atoms with Crippen LogP contribution in [0.15, 0.2) is 0 Å². The highest BCUT2D eigenvalue weighted by Gasteiger charge is 2.38. The lowest BCUT2D eigenvalue weighted by Gasteiger charge is -2.40. The number of urea groups is 1. The second kappa shape index (κ2) is 4.76. The molecule has 2 saturated heterocycles. The lowest BCUT2D eigenvalue weighted by Crippen LogP contribution is -2.56. The molecule has 2 aliphatic rings. The van der Waals surface area contributed by atoms with Gasteiger partial charge in [-0.05, 0) is 26.7 Å². The van der Waals surface area contributed by atoms with Crippen LogP contribution in [0.5, 0.6) is 0 Å². The summed E-state index contributed by atoms with van der Waals surface area (Å²) in [5.74, 6) is -0.909. The zero-order chi connectivity index (χ0) is 13.3. The molecule has 2 aliphatic heterocycles. The first-order chi connectivity index (χ1) is 8.41. The van der Waals surface area contributed by atoms with Crippen LogP contribution in [-0.4, -0.2) is 64.8 Å². The van der Waals surface area contributed by atoms with Crippen LogP contribution in [-0.2, 0) is 9.53 Å². The number of rotatable bonds is 1. The number of hydrogen-bond donors (Lipinski definition) is 1. The highest BCUT2D eigenvalue weighted by Crippen LogP contribution is 2.22. The normalized spacial score (nSPS) is 27.3. The van der Waals surface area contributed by atoms with E-state index in [1.807, 2.05) is 13.8 Å². The Balaban J connectivity index is 2.04. The van der Waals surface area contributed by atoms with Gasteiger partial charge in [0.1, 0.15) is 6.04 Å². The number of hydrogen-bond acceptors (Lipinski definition) is 3. The summed E-state index contributed by atoms with van der Waals surface area (Å²) in [4.78, 5) is 26.6. The molecular weight excluding hydrogens is 236 g/mol. The van der Waals surface area contributed by atoms with Gasteiger partial charge in [0.05, 0.1) is 18.8 Å². The third-order valence-electron chi connectivity index (χ3n) is 3.48. The molecule has 2 fully saturated rings. The van der Waals surface area contributed by atoms with E-state index >= 15 is 0 Å². The maximum Gasteiger partial charge on any atom is 0.326 e. The average molecular weight is 256 g/mol. The van der Waals surface area contributed by atoms with E-state index in [4.69, 9.17) is 9.84 Å². The molecule has 0 radical (unpaired) electrons. The van der Waals surface area contributed by atoms with E-state index in [9.17, 15) is 9.59 Å². The van der Waals surface area contributed by atoms with Gasteiger partial charge in [-0.3, -0.25) is 0 Å². The zero-order valence-corrected chi connectivity index (χ0v) is 10.9. The summed E-state index contributed by atoms with van der Waals surface area (Å²) in [6.07, 6.45) is 1.31. The summed E-state index contributed by atoms with van der Waals surface area (Å²) in [5.41, 5.74) is -0.355. The first kappa shape index (κ1) is 13.1. The summed E-state index contributed by atoms with van der Waals surface area (Å²) < 4.78 is 5.55. The lowest BCUT2D eigenvalue weighted by molar-refractivity contribution is -0.141. The maximum absolute atomic E-state index is 12.3. The van der Waals surface area contributed by atoms with Gasteiger partial charge >= 0.3 is 12.0 Å². The molecule has 6 heteroatoms. The molecule has 0 aromatic heterocycles. The molecule has 2 heterocycles. The largest absolute Gasteiger partial charge is 0.480 e. The summed E-state index contributed by atoms with van der Waals surface area (Å²) in [7, 11) is 0. The first-order valence-electron chi connectivity index (χ1n) is 6.33. The van der Waals surface area contributed by atoms with Crippen LogP contribution < -0.4 is 0 Å². The summed E-state index contributed by atoms with van der Waals surface area (Å²) in [6, 6.07) is -0.834. The Kier molecular flexibility index (Phi) is 3.47. The minimum atomic E-state index is -0.909. The van der Waals surface area contributed by atoms with Crippen molar-refractivity contribution in [2.45, 2.75) is 38.3 Å². The van der Waals surface area contributed by atoms with Gasteiger partial charge in [0, 0.05) is 13.1 Å². The van der Waals surface area contributed by atoms with Gasteiger partial charge in [0.15, 0.2) is 0 Å². The lowest BCUT2D eigenvalue weighted by atomic mass is 10.1. The molecule has 0 bridgehead atoms. The Morgan fingerprint density at radius 2 is 2.06 bits per heavy atom. The fourth-order valence-corrected chi connectivity index (χ4v) is 2.61. The van der Waals surface area contributed by atoms with Crippen LogP contribution in [0.1, 0.15) is 26.7 Å². The van der Waals surface area contributed by atoms with E-state index in [2.05, 4.69) is 0 Å². The van der Waals surface area contributed by atoms with E-state index < -0.39 is 12.0 Å². The smallest absolute Gasteiger partial charge is 0.326 e. The minimum absolute atomic E-state index is 0.170. The van der Waals surface area contributed by atoms with Crippen LogP contribution in [0.25, 0.3) is 0 Å². The van der Waals surface area contributed by atoms with Crippen molar-refractivity contribution in [1.82, 2.24) is 9.80 Å². The number of aliphatic carboxylic acids is 1. The number of ether oxygens (including phenoxy) is 1. The van der Waals surface area contributed by atoms with Crippen molar-refractivity contribution < 1.29 is 19.4 Å². The number of carbonyl (C=O) groups is 2. The topological polar surface area (TPSA) is 70.1 Å². The molecule has 1 atom stereocenters. The van der Waals surface area contributed by atoms with Crippen LogP contribution in [0.3, 0.4) is 0 Å². The predicted molar refractivity (Wildman–Crippen MR) is 64.4 cm³/mol. The van der Waals surface area contributed by atoms with Crippen molar-refractivity contribution >= 4 is 12.0 Å². The molecule has 0 aliphatic carbocycles. The monoisotopic (exact) mass is 256 g/mol. The summed E-state index contributed by atoms with van der Waals surface area (Å²) in [5, 5.41) is 9.10. The second-order valence-electron chi connectivity index (χ2n) is 5.50. The highest BCUT2D eigenvalue weighted by molar-refractivity contribution is 5.83. The fourth-order valence-electron chi connectivity index (χ4n) is 2.61. The van der Waals surface area contributed by atoms with E-state index in [0.717, 1.165) is 6.42 Å². The molecule has 2 rings (SSSR count). The highest BCUT2D eigenvalue weighted by atomic mass is 16.5. The standard InChI is InChI=1S/C12H20N2O4/c1-12(2)8-13(6-7-18-12)11(17)14-5-3-4-9(14)10(15)16/h9H,3-8H2,1-2H3,(H,15,16). The number of carboxylic acids is 1. The van der Waals surface area contributed by atoms with Gasteiger partial charge in [0.2, 0.25) is 0 Å². The van der Waals surface area contributed by atoms with Gasteiger partial charge in [-0.25, -0.2) is 9.59 Å². The zero-order valence-electron chi connectivity index (χ0n) is 10.9. The van der Waals surface area contributed by atoms with Crippen LogP contribution >= 0.6 is 0 Å². The van der Waals surface area contributed by atoms with Crippen LogP contribution in [0.4, 0.5) is 4.79 Å². The third kappa shape index (κ3) is 2.58. The van der Waals surface area contributed by atoms with Crippen molar-refractivity contribution in [2.75, 3.05) is 26.2 Å². The molecule has 18 heavy (non-hydrogen) atoms. The number of carboxylic acid groups (broad SMARTS) is 1. The van der Waals surface area contributed by atoms with Gasteiger partial charge in [-0.1, -0.05) is 0 Å². The van der Waals surface area contributed by atoms with Gasteiger partial charge < -0.3 is 19.6 Å². The molecule has 2 amide bonds. The molecule has 0 aromatic carbocycles. The summed E-state index contributed by atoms with van der Waals surface area (Å²) >= 11 is 0. The first-order valence-corrected chi connectivity index (χ1v) is 6.33. The Morgan fingerprint density at radius 3 is 2.67 bits per heavy atom. The van der Waals surface area contributed by atoms with Gasteiger partial charge in [-0.2, -0.15) is 0 Å². The predicted octanol–water partition coefficient (Wildman–Crippen LogP) is 0.766. The number of morpholine rings is 1. The number of carbonyl (C=O) groups excluding carboxylic acids is 1. The van der Waals surface area contributed by atoms with Crippen molar-refractivity contribution in [3.05, 3.63) is 0 Å². The molecule has 1 unspecified atom stereocenters. The van der Waals surface area contributed by atoms with Crippen LogP contribution in [0, 0.1) is 0 Å². The molecule has 102 valence electrons. The number of likely N-dealkylation sites (tertiary alicyclic amines) is 1. The van der Waals surface area contributed by atoms with Gasteiger partial charge in [-0.15, -0.1) is 0 Å². The second-order valence-corrected chi connectivity index (χ2v) is 5.50. The van der Waals surface area contributed by atoms with Crippen molar-refractivity contribution in [3.63, 3.8) is 0 Å². The molecule has 0 saturated carbocycles.